The molecule has 0 aliphatic rings. The van der Waals surface area contributed by atoms with Crippen molar-refractivity contribution >= 4 is 22.6 Å². The minimum Gasteiger partial charge on any atom is -0.497 e. The molecule has 0 saturated carbocycles. The van der Waals surface area contributed by atoms with Gasteiger partial charge in [-0.05, 0) is 30.2 Å². The fraction of sp³-hybridized carbons (Fsp3) is 0.263. The number of nitrogens with zero attached hydrogens (tertiary/aromatic N) is 3. The van der Waals surface area contributed by atoms with Gasteiger partial charge in [0, 0.05) is 20.5 Å². The maximum atomic E-state index is 12.3. The molecule has 3 rings (SSSR count). The van der Waals surface area contributed by atoms with Crippen molar-refractivity contribution < 1.29 is 9.53 Å². The van der Waals surface area contributed by atoms with Crippen molar-refractivity contribution in [2.45, 2.75) is 12.8 Å². The average Bonchev–Trinajstić information content (AvgIpc) is 2.69. The van der Waals surface area contributed by atoms with E-state index in [9.17, 15) is 14.4 Å². The molecule has 3 aromatic rings. The van der Waals surface area contributed by atoms with Gasteiger partial charge < -0.3 is 10.1 Å². The van der Waals surface area contributed by atoms with E-state index < -0.39 is 11.2 Å². The van der Waals surface area contributed by atoms with Gasteiger partial charge in [-0.1, -0.05) is 12.1 Å². The van der Waals surface area contributed by atoms with Crippen LogP contribution in [0.1, 0.15) is 12.0 Å². The maximum Gasteiger partial charge on any atom is 0.332 e. The zero-order valence-electron chi connectivity index (χ0n) is 15.4. The highest BCUT2D eigenvalue weighted by Crippen LogP contribution is 2.14. The van der Waals surface area contributed by atoms with Crippen LogP contribution in [0, 0.1) is 0 Å². The van der Waals surface area contributed by atoms with Crippen molar-refractivity contribution in [3.63, 3.8) is 0 Å². The van der Waals surface area contributed by atoms with Gasteiger partial charge in [-0.3, -0.25) is 18.7 Å². The smallest absolute Gasteiger partial charge is 0.332 e. The van der Waals surface area contributed by atoms with Crippen LogP contribution in [0.5, 0.6) is 5.75 Å². The number of fused-ring (bicyclic) bond motifs is 1. The summed E-state index contributed by atoms with van der Waals surface area (Å²) in [6, 6.07) is 9.05. The second-order valence-electron chi connectivity index (χ2n) is 6.20. The second-order valence-corrected chi connectivity index (χ2v) is 6.20. The number of hydrogen-bond acceptors (Lipinski definition) is 5. The van der Waals surface area contributed by atoms with E-state index >= 15 is 0 Å². The first-order valence-electron chi connectivity index (χ1n) is 8.39. The zero-order chi connectivity index (χ0) is 19.6. The molecule has 0 radical (unpaired) electrons. The van der Waals surface area contributed by atoms with Crippen molar-refractivity contribution in [3.05, 3.63) is 62.9 Å². The molecule has 0 saturated heterocycles. The summed E-state index contributed by atoms with van der Waals surface area (Å²) in [6.07, 6.45) is 2.30. The Bertz CT molecular complexity index is 1110. The molecule has 0 aliphatic heterocycles. The number of carbonyl (C=O) groups excluding carboxylic acids is 1. The van der Waals surface area contributed by atoms with Gasteiger partial charge in [0.15, 0.2) is 0 Å². The number of aryl methyl sites for hydroxylation is 2. The molecule has 1 N–H and O–H groups in total. The van der Waals surface area contributed by atoms with E-state index in [0.29, 0.717) is 12.1 Å². The minimum atomic E-state index is -0.449. The molecule has 8 heteroatoms. The van der Waals surface area contributed by atoms with Crippen molar-refractivity contribution in [3.8, 4) is 5.75 Å². The molecule has 0 aliphatic carbocycles. The number of benzene rings is 1. The summed E-state index contributed by atoms with van der Waals surface area (Å²) < 4.78 is 7.42. The number of methoxy groups -OCH3 is 1. The highest BCUT2D eigenvalue weighted by Gasteiger charge is 2.11. The third-order valence-electron chi connectivity index (χ3n) is 4.38. The number of hydrogen-bond donors (Lipinski definition) is 1. The Morgan fingerprint density at radius 2 is 1.85 bits per heavy atom. The Hall–Kier alpha value is -3.42. The van der Waals surface area contributed by atoms with Crippen molar-refractivity contribution in [2.24, 2.45) is 14.1 Å². The van der Waals surface area contributed by atoms with Crippen LogP contribution in [0.15, 0.2) is 46.1 Å². The monoisotopic (exact) mass is 368 g/mol. The molecule has 2 heterocycles. The van der Waals surface area contributed by atoms with Crippen LogP contribution in [0.3, 0.4) is 0 Å². The molecule has 0 bridgehead atoms. The number of amides is 1. The van der Waals surface area contributed by atoms with Gasteiger partial charge in [-0.2, -0.15) is 0 Å². The minimum absolute atomic E-state index is 0.186. The Labute approximate surface area is 155 Å². The van der Waals surface area contributed by atoms with E-state index in [0.717, 1.165) is 15.9 Å². The van der Waals surface area contributed by atoms with Gasteiger partial charge in [-0.25, -0.2) is 9.78 Å². The molecule has 27 heavy (non-hydrogen) atoms. The molecule has 2 aromatic heterocycles. The summed E-state index contributed by atoms with van der Waals surface area (Å²) in [4.78, 5) is 40.6. The fourth-order valence-corrected chi connectivity index (χ4v) is 2.81. The summed E-state index contributed by atoms with van der Waals surface area (Å²) in [5.74, 6) is 0.579. The number of rotatable bonds is 5. The average molecular weight is 368 g/mol. The third kappa shape index (κ3) is 3.74. The summed E-state index contributed by atoms with van der Waals surface area (Å²) >= 11 is 0. The van der Waals surface area contributed by atoms with Gasteiger partial charge >= 0.3 is 5.69 Å². The molecule has 1 amide bonds. The van der Waals surface area contributed by atoms with Crippen LogP contribution < -0.4 is 21.3 Å². The normalized spacial score (nSPS) is 10.8. The number of aromatic nitrogens is 3. The van der Waals surface area contributed by atoms with Crippen LogP contribution in [0.25, 0.3) is 11.0 Å². The van der Waals surface area contributed by atoms with Crippen LogP contribution >= 0.6 is 0 Å². The van der Waals surface area contributed by atoms with E-state index in [1.54, 1.807) is 14.2 Å². The summed E-state index contributed by atoms with van der Waals surface area (Å²) in [6.45, 7) is 0. The van der Waals surface area contributed by atoms with Crippen molar-refractivity contribution in [1.29, 1.82) is 0 Å². The first-order valence-corrected chi connectivity index (χ1v) is 8.39. The number of nitrogens with one attached hydrogen (secondary N) is 1. The summed E-state index contributed by atoms with van der Waals surface area (Å²) in [5, 5.41) is 3.02. The van der Waals surface area contributed by atoms with Gasteiger partial charge in [0.2, 0.25) is 5.91 Å². The Morgan fingerprint density at radius 3 is 2.52 bits per heavy atom. The fourth-order valence-electron chi connectivity index (χ4n) is 2.81. The Kier molecular flexibility index (Phi) is 5.07. The summed E-state index contributed by atoms with van der Waals surface area (Å²) in [7, 11) is 4.56. The SMILES string of the molecule is COc1ccc(CCC(=O)Nc2cnc3c(c2)c(=O)n(C)c(=O)n3C)cc1. The number of carbonyl (C=O) groups is 1. The van der Waals surface area contributed by atoms with E-state index in [1.165, 1.54) is 23.9 Å². The lowest BCUT2D eigenvalue weighted by Gasteiger charge is -2.09. The van der Waals surface area contributed by atoms with E-state index in [4.69, 9.17) is 4.74 Å². The molecule has 140 valence electrons. The summed E-state index contributed by atoms with van der Waals surface area (Å²) in [5.41, 5.74) is 0.815. The zero-order valence-corrected chi connectivity index (χ0v) is 15.4. The van der Waals surface area contributed by atoms with Crippen LogP contribution in [0.2, 0.25) is 0 Å². The first-order chi connectivity index (χ1) is 12.9. The molecular formula is C19H20N4O4. The molecule has 8 nitrogen and oxygen atoms in total. The van der Waals surface area contributed by atoms with Gasteiger partial charge in [0.05, 0.1) is 24.4 Å². The van der Waals surface area contributed by atoms with Crippen molar-refractivity contribution in [1.82, 2.24) is 14.1 Å². The van der Waals surface area contributed by atoms with Gasteiger partial charge in [0.25, 0.3) is 5.56 Å². The lowest BCUT2D eigenvalue weighted by atomic mass is 10.1. The molecular weight excluding hydrogens is 348 g/mol. The largest absolute Gasteiger partial charge is 0.497 e. The molecule has 0 unspecified atom stereocenters. The molecule has 0 spiro atoms. The molecule has 1 aromatic carbocycles. The Morgan fingerprint density at radius 1 is 1.15 bits per heavy atom. The second kappa shape index (κ2) is 7.45. The van der Waals surface area contributed by atoms with Crippen LogP contribution in [0.4, 0.5) is 5.69 Å². The molecule has 0 atom stereocenters. The Balaban J connectivity index is 1.75. The third-order valence-corrected chi connectivity index (χ3v) is 4.38. The predicted octanol–water partition coefficient (Wildman–Crippen LogP) is 1.21. The van der Waals surface area contributed by atoms with Crippen molar-refractivity contribution in [2.75, 3.05) is 12.4 Å². The van der Waals surface area contributed by atoms with E-state index in [1.807, 2.05) is 24.3 Å². The number of pyridine rings is 1. The van der Waals surface area contributed by atoms with Crippen LogP contribution in [-0.2, 0) is 25.3 Å². The molecule has 0 fully saturated rings. The number of anilines is 1. The van der Waals surface area contributed by atoms with Gasteiger partial charge in [0.1, 0.15) is 11.4 Å². The maximum absolute atomic E-state index is 12.3. The topological polar surface area (TPSA) is 95.2 Å². The highest BCUT2D eigenvalue weighted by molar-refractivity contribution is 5.92. The van der Waals surface area contributed by atoms with E-state index in [2.05, 4.69) is 10.3 Å². The highest BCUT2D eigenvalue weighted by atomic mass is 16.5. The van der Waals surface area contributed by atoms with Crippen LogP contribution in [-0.4, -0.2) is 27.1 Å². The quantitative estimate of drug-likeness (QED) is 0.730. The first kappa shape index (κ1) is 18.4. The predicted molar refractivity (Wildman–Crippen MR) is 102 cm³/mol. The lowest BCUT2D eigenvalue weighted by molar-refractivity contribution is -0.116. The lowest BCUT2D eigenvalue weighted by Crippen LogP contribution is -2.37. The van der Waals surface area contributed by atoms with Gasteiger partial charge in [-0.15, -0.1) is 0 Å². The van der Waals surface area contributed by atoms with E-state index in [-0.39, 0.29) is 23.4 Å². The standard InChI is InChI=1S/C19H20N4O4/c1-22-17-15(18(25)23(2)19(22)26)10-13(11-20-17)21-16(24)9-6-12-4-7-14(27-3)8-5-12/h4-5,7-8,10-11H,6,9H2,1-3H3,(H,21,24). The number of ether oxygens (including phenoxy) is 1.